The van der Waals surface area contributed by atoms with Crippen LogP contribution in [0.4, 0.5) is 0 Å². The van der Waals surface area contributed by atoms with Crippen LogP contribution in [0, 0.1) is 0 Å². The molecule has 1 saturated carbocycles. The van der Waals surface area contributed by atoms with Gasteiger partial charge in [0.05, 0.1) is 6.10 Å². The molecule has 0 spiro atoms. The van der Waals surface area contributed by atoms with Crippen LogP contribution in [0.25, 0.3) is 0 Å². The minimum atomic E-state index is 0.481. The molecule has 3 heteroatoms. The summed E-state index contributed by atoms with van der Waals surface area (Å²) in [4.78, 5) is 2.69. The standard InChI is InChI=1S/C15H30N2O/c1-3-10-16-13-6-8-14(9-7-13)17-11-4-5-15(12-17)18-2/h13-16H,3-12H2,1-2H3. The molecule has 1 N–H and O–H groups in total. The van der Waals surface area contributed by atoms with Crippen LogP contribution in [-0.2, 0) is 4.74 Å². The number of hydrogen-bond donors (Lipinski definition) is 1. The van der Waals surface area contributed by atoms with Crippen LogP contribution in [-0.4, -0.2) is 49.8 Å². The van der Waals surface area contributed by atoms with Gasteiger partial charge < -0.3 is 10.1 Å². The molecule has 3 nitrogen and oxygen atoms in total. The van der Waals surface area contributed by atoms with Crippen molar-refractivity contribution in [1.82, 2.24) is 10.2 Å². The van der Waals surface area contributed by atoms with E-state index in [9.17, 15) is 0 Å². The minimum Gasteiger partial charge on any atom is -0.380 e. The molecule has 1 saturated heterocycles. The number of piperidine rings is 1. The summed E-state index contributed by atoms with van der Waals surface area (Å²) in [5, 5.41) is 3.67. The van der Waals surface area contributed by atoms with Crippen molar-refractivity contribution >= 4 is 0 Å². The number of likely N-dealkylation sites (tertiary alicyclic amines) is 1. The van der Waals surface area contributed by atoms with Gasteiger partial charge >= 0.3 is 0 Å². The Balaban J connectivity index is 1.72. The van der Waals surface area contributed by atoms with Gasteiger partial charge in [-0.1, -0.05) is 6.92 Å². The lowest BCUT2D eigenvalue weighted by atomic mass is 9.89. The second kappa shape index (κ2) is 7.46. The zero-order valence-corrected chi connectivity index (χ0v) is 12.2. The maximum absolute atomic E-state index is 5.53. The number of hydrogen-bond acceptors (Lipinski definition) is 3. The predicted molar refractivity (Wildman–Crippen MR) is 75.9 cm³/mol. The molecule has 0 amide bonds. The number of nitrogens with one attached hydrogen (secondary N) is 1. The van der Waals surface area contributed by atoms with Gasteiger partial charge in [0.15, 0.2) is 0 Å². The van der Waals surface area contributed by atoms with E-state index in [1.807, 2.05) is 7.11 Å². The highest BCUT2D eigenvalue weighted by molar-refractivity contribution is 4.85. The fraction of sp³-hybridized carbons (Fsp3) is 1.00. The molecule has 1 atom stereocenters. The van der Waals surface area contributed by atoms with Gasteiger partial charge in [-0.25, -0.2) is 0 Å². The summed E-state index contributed by atoms with van der Waals surface area (Å²) < 4.78 is 5.53. The average Bonchev–Trinajstić information content (AvgIpc) is 2.46. The molecular weight excluding hydrogens is 224 g/mol. The second-order valence-electron chi connectivity index (χ2n) is 5.95. The lowest BCUT2D eigenvalue weighted by molar-refractivity contribution is 0.00604. The van der Waals surface area contributed by atoms with E-state index in [1.54, 1.807) is 0 Å². The summed E-state index contributed by atoms with van der Waals surface area (Å²) in [6, 6.07) is 1.60. The Bertz CT molecular complexity index is 227. The van der Waals surface area contributed by atoms with Gasteiger partial charge in [-0.2, -0.15) is 0 Å². The normalized spacial score (nSPS) is 34.7. The Morgan fingerprint density at radius 1 is 1.17 bits per heavy atom. The molecule has 106 valence electrons. The highest BCUT2D eigenvalue weighted by Crippen LogP contribution is 2.26. The third-order valence-corrected chi connectivity index (χ3v) is 4.64. The third kappa shape index (κ3) is 3.94. The van der Waals surface area contributed by atoms with Crippen molar-refractivity contribution in [1.29, 1.82) is 0 Å². The van der Waals surface area contributed by atoms with Crippen LogP contribution in [0.5, 0.6) is 0 Å². The van der Waals surface area contributed by atoms with E-state index >= 15 is 0 Å². The molecule has 0 radical (unpaired) electrons. The van der Waals surface area contributed by atoms with Crippen molar-refractivity contribution in [2.24, 2.45) is 0 Å². The number of ether oxygens (including phenoxy) is 1. The zero-order chi connectivity index (χ0) is 12.8. The van der Waals surface area contributed by atoms with Crippen molar-refractivity contribution in [2.45, 2.75) is 70.1 Å². The molecule has 1 aliphatic heterocycles. The second-order valence-corrected chi connectivity index (χ2v) is 5.95. The van der Waals surface area contributed by atoms with Gasteiger partial charge in [0.2, 0.25) is 0 Å². The van der Waals surface area contributed by atoms with Crippen LogP contribution >= 0.6 is 0 Å². The molecule has 18 heavy (non-hydrogen) atoms. The summed E-state index contributed by atoms with van der Waals surface area (Å²) >= 11 is 0. The van der Waals surface area contributed by atoms with Crippen LogP contribution in [0.3, 0.4) is 0 Å². The van der Waals surface area contributed by atoms with Crippen LogP contribution in [0.1, 0.15) is 51.9 Å². The van der Waals surface area contributed by atoms with Gasteiger partial charge in [-0.05, 0) is 58.0 Å². The van der Waals surface area contributed by atoms with Gasteiger partial charge in [-0.15, -0.1) is 0 Å². The van der Waals surface area contributed by atoms with E-state index in [1.165, 1.54) is 58.0 Å². The highest BCUT2D eigenvalue weighted by Gasteiger charge is 2.29. The fourth-order valence-corrected chi connectivity index (χ4v) is 3.48. The van der Waals surface area contributed by atoms with Crippen molar-refractivity contribution in [3.8, 4) is 0 Å². The summed E-state index contributed by atoms with van der Waals surface area (Å²) in [6.45, 7) is 5.88. The SMILES string of the molecule is CCCNC1CCC(N2CCCC(OC)C2)CC1. The Hall–Kier alpha value is -0.120. The number of nitrogens with zero attached hydrogens (tertiary/aromatic N) is 1. The summed E-state index contributed by atoms with van der Waals surface area (Å²) in [7, 11) is 1.86. The molecule has 0 bridgehead atoms. The Morgan fingerprint density at radius 2 is 1.94 bits per heavy atom. The minimum absolute atomic E-state index is 0.481. The van der Waals surface area contributed by atoms with E-state index in [2.05, 4.69) is 17.1 Å². The van der Waals surface area contributed by atoms with Gasteiger partial charge in [0.25, 0.3) is 0 Å². The highest BCUT2D eigenvalue weighted by atomic mass is 16.5. The van der Waals surface area contributed by atoms with E-state index in [0.717, 1.165) is 18.6 Å². The van der Waals surface area contributed by atoms with Crippen molar-refractivity contribution in [3.63, 3.8) is 0 Å². The molecule has 0 aromatic heterocycles. The quantitative estimate of drug-likeness (QED) is 0.815. The van der Waals surface area contributed by atoms with E-state index in [-0.39, 0.29) is 0 Å². The van der Waals surface area contributed by atoms with Crippen LogP contribution < -0.4 is 5.32 Å². The first-order chi connectivity index (χ1) is 8.83. The first kappa shape index (κ1) is 14.3. The molecule has 0 aromatic carbocycles. The molecule has 2 rings (SSSR count). The van der Waals surface area contributed by atoms with Gasteiger partial charge in [0.1, 0.15) is 0 Å². The van der Waals surface area contributed by atoms with E-state index < -0.39 is 0 Å². The largest absolute Gasteiger partial charge is 0.380 e. The molecule has 2 fully saturated rings. The molecule has 2 aliphatic rings. The van der Waals surface area contributed by atoms with Gasteiger partial charge in [0, 0.05) is 25.7 Å². The van der Waals surface area contributed by atoms with Crippen molar-refractivity contribution in [2.75, 3.05) is 26.7 Å². The van der Waals surface area contributed by atoms with Crippen LogP contribution in [0.2, 0.25) is 0 Å². The molecule has 0 aromatic rings. The monoisotopic (exact) mass is 254 g/mol. The molecule has 1 aliphatic carbocycles. The topological polar surface area (TPSA) is 24.5 Å². The molecule has 1 heterocycles. The Kier molecular flexibility index (Phi) is 5.93. The molecular formula is C15H30N2O. The number of rotatable bonds is 5. The fourth-order valence-electron chi connectivity index (χ4n) is 3.48. The van der Waals surface area contributed by atoms with Gasteiger partial charge in [-0.3, -0.25) is 4.90 Å². The maximum atomic E-state index is 5.53. The number of methoxy groups -OCH3 is 1. The van der Waals surface area contributed by atoms with Crippen molar-refractivity contribution < 1.29 is 4.74 Å². The summed E-state index contributed by atoms with van der Waals surface area (Å²) in [5.41, 5.74) is 0. The first-order valence-electron chi connectivity index (χ1n) is 7.83. The third-order valence-electron chi connectivity index (χ3n) is 4.64. The maximum Gasteiger partial charge on any atom is 0.0698 e. The lowest BCUT2D eigenvalue weighted by Crippen LogP contribution is -2.48. The van der Waals surface area contributed by atoms with Crippen LogP contribution in [0.15, 0.2) is 0 Å². The van der Waals surface area contributed by atoms with Crippen molar-refractivity contribution in [3.05, 3.63) is 0 Å². The predicted octanol–water partition coefficient (Wildman–Crippen LogP) is 2.41. The van der Waals surface area contributed by atoms with E-state index in [0.29, 0.717) is 6.10 Å². The average molecular weight is 254 g/mol. The first-order valence-corrected chi connectivity index (χ1v) is 7.83. The lowest BCUT2D eigenvalue weighted by Gasteiger charge is -2.41. The molecule has 1 unspecified atom stereocenters. The smallest absolute Gasteiger partial charge is 0.0698 e. The summed E-state index contributed by atoms with van der Waals surface area (Å²) in [6.07, 6.45) is 9.76. The Labute approximate surface area is 112 Å². The summed E-state index contributed by atoms with van der Waals surface area (Å²) in [5.74, 6) is 0. The zero-order valence-electron chi connectivity index (χ0n) is 12.2. The Morgan fingerprint density at radius 3 is 2.61 bits per heavy atom. The van der Waals surface area contributed by atoms with E-state index in [4.69, 9.17) is 4.74 Å².